The summed E-state index contributed by atoms with van der Waals surface area (Å²) in [5.41, 5.74) is 1.79. The van der Waals surface area contributed by atoms with Crippen molar-refractivity contribution in [3.8, 4) is 11.6 Å². The maximum atomic E-state index is 12.5. The minimum Gasteiger partial charge on any atom is -0.491 e. The van der Waals surface area contributed by atoms with Crippen molar-refractivity contribution in [1.82, 2.24) is 4.98 Å². The number of para-hydroxylation sites is 2. The first-order valence-electron chi connectivity index (χ1n) is 9.13. The number of pyridine rings is 1. The second-order valence-electron chi connectivity index (χ2n) is 6.32. The number of ether oxygens (including phenoxy) is 2. The van der Waals surface area contributed by atoms with Crippen molar-refractivity contribution in [2.45, 2.75) is 12.6 Å². The largest absolute Gasteiger partial charge is 0.491 e. The molecule has 0 bridgehead atoms. The molecule has 2 aromatic carbocycles. The van der Waals surface area contributed by atoms with Crippen LogP contribution in [0.3, 0.4) is 0 Å². The van der Waals surface area contributed by atoms with Crippen LogP contribution in [0.15, 0.2) is 72.9 Å². The van der Waals surface area contributed by atoms with Gasteiger partial charge in [0.2, 0.25) is 5.88 Å². The maximum Gasteiger partial charge on any atom is 0.422 e. The van der Waals surface area contributed by atoms with Crippen LogP contribution in [0, 0.1) is 0 Å². The first-order chi connectivity index (χ1) is 14.4. The van der Waals surface area contributed by atoms with Crippen LogP contribution in [-0.2, 0) is 6.42 Å². The lowest BCUT2D eigenvalue weighted by Gasteiger charge is -2.13. The monoisotopic (exact) mass is 416 g/mol. The van der Waals surface area contributed by atoms with Gasteiger partial charge in [-0.15, -0.1) is 0 Å². The highest BCUT2D eigenvalue weighted by atomic mass is 19.4. The second kappa shape index (κ2) is 9.78. The third-order valence-electron chi connectivity index (χ3n) is 4.01. The summed E-state index contributed by atoms with van der Waals surface area (Å²) in [6.07, 6.45) is -2.59. The van der Waals surface area contributed by atoms with Gasteiger partial charge in [-0.25, -0.2) is 4.98 Å². The van der Waals surface area contributed by atoms with Gasteiger partial charge in [-0.3, -0.25) is 4.79 Å². The number of hydrogen-bond acceptors (Lipinski definition) is 4. The van der Waals surface area contributed by atoms with Crippen molar-refractivity contribution >= 4 is 11.6 Å². The topological polar surface area (TPSA) is 60.5 Å². The second-order valence-corrected chi connectivity index (χ2v) is 6.32. The van der Waals surface area contributed by atoms with Crippen LogP contribution in [-0.4, -0.2) is 30.3 Å². The molecule has 30 heavy (non-hydrogen) atoms. The summed E-state index contributed by atoms with van der Waals surface area (Å²) in [5.74, 6) is -0.169. The van der Waals surface area contributed by atoms with Crippen LogP contribution in [0.25, 0.3) is 0 Å². The predicted molar refractivity (Wildman–Crippen MR) is 106 cm³/mol. The minimum absolute atomic E-state index is 0.174. The highest BCUT2D eigenvalue weighted by molar-refractivity contribution is 6.04. The molecule has 5 nitrogen and oxygen atoms in total. The third kappa shape index (κ3) is 6.51. The molecule has 3 aromatic rings. The summed E-state index contributed by atoms with van der Waals surface area (Å²) in [7, 11) is 0. The van der Waals surface area contributed by atoms with Crippen molar-refractivity contribution in [2.75, 3.05) is 18.5 Å². The van der Waals surface area contributed by atoms with E-state index < -0.39 is 18.7 Å². The van der Waals surface area contributed by atoms with E-state index >= 15 is 0 Å². The van der Waals surface area contributed by atoms with E-state index in [2.05, 4.69) is 15.0 Å². The highest BCUT2D eigenvalue weighted by Gasteiger charge is 2.28. The molecule has 0 saturated carbocycles. The summed E-state index contributed by atoms with van der Waals surface area (Å²) in [6, 6.07) is 19.4. The average molecular weight is 416 g/mol. The van der Waals surface area contributed by atoms with E-state index in [4.69, 9.17) is 4.74 Å². The van der Waals surface area contributed by atoms with Gasteiger partial charge in [0.15, 0.2) is 6.61 Å². The van der Waals surface area contributed by atoms with Crippen molar-refractivity contribution < 1.29 is 27.4 Å². The van der Waals surface area contributed by atoms with Crippen molar-refractivity contribution in [3.63, 3.8) is 0 Å². The van der Waals surface area contributed by atoms with Crippen LogP contribution < -0.4 is 14.8 Å². The molecule has 0 spiro atoms. The number of hydrogen-bond donors (Lipinski definition) is 1. The molecule has 1 N–H and O–H groups in total. The van der Waals surface area contributed by atoms with Gasteiger partial charge in [0.05, 0.1) is 17.9 Å². The van der Waals surface area contributed by atoms with Crippen LogP contribution >= 0.6 is 0 Å². The third-order valence-corrected chi connectivity index (χ3v) is 4.01. The van der Waals surface area contributed by atoms with Crippen LogP contribution in [0.5, 0.6) is 11.6 Å². The lowest BCUT2D eigenvalue weighted by Crippen LogP contribution is -2.19. The zero-order chi connectivity index (χ0) is 21.4. The molecule has 8 heteroatoms. The van der Waals surface area contributed by atoms with E-state index in [1.54, 1.807) is 24.3 Å². The number of alkyl halides is 3. The van der Waals surface area contributed by atoms with Crippen molar-refractivity contribution in [1.29, 1.82) is 0 Å². The molecule has 3 rings (SSSR count). The number of benzene rings is 2. The van der Waals surface area contributed by atoms with Gasteiger partial charge in [-0.05, 0) is 23.8 Å². The van der Waals surface area contributed by atoms with Gasteiger partial charge in [-0.1, -0.05) is 42.5 Å². The van der Waals surface area contributed by atoms with Gasteiger partial charge in [0, 0.05) is 18.7 Å². The molecule has 1 aromatic heterocycles. The van der Waals surface area contributed by atoms with Gasteiger partial charge < -0.3 is 14.8 Å². The Balaban J connectivity index is 1.58. The Morgan fingerprint density at radius 1 is 0.933 bits per heavy atom. The first kappa shape index (κ1) is 21.2. The zero-order valence-corrected chi connectivity index (χ0v) is 15.9. The smallest absolute Gasteiger partial charge is 0.422 e. The lowest BCUT2D eigenvalue weighted by atomic mass is 10.2. The Hall–Kier alpha value is -3.55. The summed E-state index contributed by atoms with van der Waals surface area (Å²) in [6.45, 7) is -1.01. The number of nitrogens with one attached hydrogen (secondary N) is 1. The summed E-state index contributed by atoms with van der Waals surface area (Å²) in [5, 5.41) is 2.73. The summed E-state index contributed by atoms with van der Waals surface area (Å²) >= 11 is 0. The van der Waals surface area contributed by atoms with Crippen molar-refractivity contribution in [2.24, 2.45) is 0 Å². The highest BCUT2D eigenvalue weighted by Crippen LogP contribution is 2.25. The number of carbonyl (C=O) groups is 1. The summed E-state index contributed by atoms with van der Waals surface area (Å²) < 4.78 is 46.9. The molecule has 0 saturated heterocycles. The van der Waals surface area contributed by atoms with Gasteiger partial charge in [-0.2, -0.15) is 13.2 Å². The molecule has 0 aliphatic carbocycles. The molecule has 156 valence electrons. The van der Waals surface area contributed by atoms with Crippen LogP contribution in [0.4, 0.5) is 18.9 Å². The molecule has 0 aliphatic rings. The molecule has 1 amide bonds. The Morgan fingerprint density at radius 2 is 1.67 bits per heavy atom. The first-order valence-corrected chi connectivity index (χ1v) is 9.13. The molecular formula is C22H19F3N2O3. The maximum absolute atomic E-state index is 12.5. The number of halogens is 3. The van der Waals surface area contributed by atoms with Crippen LogP contribution in [0.1, 0.15) is 15.9 Å². The molecule has 0 fully saturated rings. The fourth-order valence-corrected chi connectivity index (χ4v) is 2.57. The number of nitrogens with zero attached hydrogens (tertiary/aromatic N) is 1. The average Bonchev–Trinajstić information content (AvgIpc) is 2.74. The van der Waals surface area contributed by atoms with E-state index in [0.29, 0.717) is 24.5 Å². The molecule has 0 aliphatic heterocycles. The zero-order valence-electron chi connectivity index (χ0n) is 15.9. The minimum atomic E-state index is -4.46. The SMILES string of the molecule is O=C(Nc1ccccc1OCCc1ccccc1)c1ccc(OCC(F)(F)F)nc1. The van der Waals surface area contributed by atoms with E-state index in [1.807, 2.05) is 30.3 Å². The standard InChI is InChI=1S/C22H19F3N2O3/c23-22(24,25)15-30-20-11-10-17(14-26-20)21(28)27-18-8-4-5-9-19(18)29-13-12-16-6-2-1-3-7-16/h1-11,14H,12-13,15H2,(H,27,28). The Kier molecular flexibility index (Phi) is 6.90. The molecule has 0 atom stereocenters. The van der Waals surface area contributed by atoms with E-state index in [-0.39, 0.29) is 11.4 Å². The number of carbonyl (C=O) groups excluding carboxylic acids is 1. The summed E-state index contributed by atoms with van der Waals surface area (Å²) in [4.78, 5) is 16.2. The van der Waals surface area contributed by atoms with E-state index in [1.165, 1.54) is 12.1 Å². The predicted octanol–water partition coefficient (Wildman–Crippen LogP) is 4.90. The fraction of sp³-hybridized carbons (Fsp3) is 0.182. The molecule has 0 unspecified atom stereocenters. The quantitative estimate of drug-likeness (QED) is 0.568. The van der Waals surface area contributed by atoms with Crippen molar-refractivity contribution in [3.05, 3.63) is 84.1 Å². The molecule has 1 heterocycles. The normalized spacial score (nSPS) is 11.0. The number of rotatable bonds is 8. The van der Waals surface area contributed by atoms with Gasteiger partial charge in [0.25, 0.3) is 5.91 Å². The lowest BCUT2D eigenvalue weighted by molar-refractivity contribution is -0.154. The molecular weight excluding hydrogens is 397 g/mol. The van der Waals surface area contributed by atoms with E-state index in [9.17, 15) is 18.0 Å². The van der Waals surface area contributed by atoms with Crippen LogP contribution in [0.2, 0.25) is 0 Å². The fourth-order valence-electron chi connectivity index (χ4n) is 2.57. The Morgan fingerprint density at radius 3 is 2.37 bits per heavy atom. The molecule has 0 radical (unpaired) electrons. The number of anilines is 1. The number of aromatic nitrogens is 1. The van der Waals surface area contributed by atoms with Gasteiger partial charge >= 0.3 is 6.18 Å². The van der Waals surface area contributed by atoms with Gasteiger partial charge in [0.1, 0.15) is 5.75 Å². The Labute approximate surface area is 171 Å². The Bertz CT molecular complexity index is 961. The van der Waals surface area contributed by atoms with E-state index in [0.717, 1.165) is 11.8 Å². The number of amides is 1.